The summed E-state index contributed by atoms with van der Waals surface area (Å²) in [5, 5.41) is 4.79. The molecule has 2 rings (SSSR count). The van der Waals surface area contributed by atoms with Gasteiger partial charge in [0.2, 0.25) is 0 Å². The molecule has 2 fully saturated rings. The van der Waals surface area contributed by atoms with Gasteiger partial charge in [0.15, 0.2) is 5.78 Å². The van der Waals surface area contributed by atoms with Crippen molar-refractivity contribution >= 4 is 30.0 Å². The van der Waals surface area contributed by atoms with Crippen LogP contribution in [0.5, 0.6) is 0 Å². The minimum absolute atomic E-state index is 0.0874. The van der Waals surface area contributed by atoms with E-state index in [0.717, 1.165) is 12.8 Å². The van der Waals surface area contributed by atoms with E-state index in [2.05, 4.69) is 23.4 Å². The van der Waals surface area contributed by atoms with Gasteiger partial charge in [0.1, 0.15) is 10.4 Å². The number of carbonyl (C=O) groups excluding carboxylic acids is 1. The first-order chi connectivity index (χ1) is 6.12. The number of ketones is 1. The van der Waals surface area contributed by atoms with Gasteiger partial charge in [-0.15, -0.1) is 24.2 Å². The van der Waals surface area contributed by atoms with E-state index in [1.165, 1.54) is 0 Å². The number of nitrogens with one attached hydrogen (secondary N) is 2. The van der Waals surface area contributed by atoms with Crippen molar-refractivity contribution in [2.75, 3.05) is 13.2 Å². The van der Waals surface area contributed by atoms with Gasteiger partial charge >= 0.3 is 0 Å². The molecule has 74 valence electrons. The second-order valence-electron chi connectivity index (χ2n) is 3.43. The zero-order valence-corrected chi connectivity index (χ0v) is 8.74. The smallest absolute Gasteiger partial charge is 0.169 e. The number of alkyl halides is 1. The lowest BCUT2D eigenvalue weighted by Gasteiger charge is -2.19. The Kier molecular flexibility index (Phi) is 2.55. The van der Waals surface area contributed by atoms with Crippen molar-refractivity contribution in [3.63, 3.8) is 0 Å². The van der Waals surface area contributed by atoms with Crippen molar-refractivity contribution in [1.82, 2.24) is 15.8 Å². The van der Waals surface area contributed by atoms with E-state index in [1.54, 1.807) is 5.01 Å². The number of nitrogens with zero attached hydrogens (tertiary/aromatic N) is 1. The second kappa shape index (κ2) is 3.40. The molecule has 1 saturated carbocycles. The lowest BCUT2D eigenvalue weighted by atomic mass is 10.2. The average molecular weight is 222 g/mol. The molecule has 1 aliphatic heterocycles. The number of carbonyl (C=O) groups is 1. The van der Waals surface area contributed by atoms with Gasteiger partial charge in [0, 0.05) is 0 Å². The summed E-state index contributed by atoms with van der Waals surface area (Å²) in [6.45, 7) is 0.974. The highest BCUT2D eigenvalue weighted by Gasteiger charge is 2.48. The summed E-state index contributed by atoms with van der Waals surface area (Å²) < 4.78 is 0. The van der Waals surface area contributed by atoms with Crippen LogP contribution >= 0.6 is 24.2 Å². The Labute approximate surface area is 87.4 Å². The van der Waals surface area contributed by atoms with E-state index in [-0.39, 0.29) is 11.3 Å². The molecule has 4 nitrogen and oxygen atoms in total. The number of Topliss-reactive ketones (excluding diaryl/α,β-unsaturated/α-hetero) is 1. The quantitative estimate of drug-likeness (QED) is 0.461. The highest BCUT2D eigenvalue weighted by Crippen LogP contribution is 2.43. The molecule has 6 heteroatoms. The highest BCUT2D eigenvalue weighted by atomic mass is 35.5. The molecule has 0 aromatic heterocycles. The molecule has 0 aromatic carbocycles. The summed E-state index contributed by atoms with van der Waals surface area (Å²) in [6.07, 6.45) is 1.62. The monoisotopic (exact) mass is 221 g/mol. The normalized spacial score (nSPS) is 32.0. The minimum Gasteiger partial charge on any atom is -0.296 e. The summed E-state index contributed by atoms with van der Waals surface area (Å²) in [7, 11) is 0. The van der Waals surface area contributed by atoms with Gasteiger partial charge < -0.3 is 0 Å². The summed E-state index contributed by atoms with van der Waals surface area (Å²) in [5.74, 6) is 0.0874. The Hall–Kier alpha value is 0.190. The van der Waals surface area contributed by atoms with Crippen molar-refractivity contribution < 1.29 is 4.79 Å². The summed E-state index contributed by atoms with van der Waals surface area (Å²) >= 11 is 10.2. The van der Waals surface area contributed by atoms with Crippen LogP contribution in [0.25, 0.3) is 0 Å². The van der Waals surface area contributed by atoms with E-state index >= 15 is 0 Å². The van der Waals surface area contributed by atoms with Gasteiger partial charge in [-0.3, -0.25) is 10.1 Å². The molecule has 0 amide bonds. The maximum absolute atomic E-state index is 11.6. The fraction of sp³-hybridized carbons (Fsp3) is 0.857. The maximum Gasteiger partial charge on any atom is 0.169 e. The maximum atomic E-state index is 11.6. The molecule has 0 spiro atoms. The van der Waals surface area contributed by atoms with Crippen LogP contribution in [0.3, 0.4) is 0 Å². The molecule has 0 bridgehead atoms. The molecule has 1 saturated heterocycles. The van der Waals surface area contributed by atoms with Gasteiger partial charge in [0.05, 0.1) is 13.2 Å². The SMILES string of the molecule is O=C(CN1NCNC1S)C1(Cl)CC1. The van der Waals surface area contributed by atoms with Crippen LogP contribution in [-0.4, -0.2) is 34.4 Å². The van der Waals surface area contributed by atoms with Gasteiger partial charge in [0.25, 0.3) is 0 Å². The standard InChI is InChI=1S/C7H12ClN3OS/c8-7(1-2-7)5(12)3-11-6(13)9-4-10-11/h6,9-10,13H,1-4H2. The van der Waals surface area contributed by atoms with E-state index in [4.69, 9.17) is 11.6 Å². The zero-order chi connectivity index (χ0) is 9.47. The van der Waals surface area contributed by atoms with Crippen molar-refractivity contribution in [3.8, 4) is 0 Å². The Morgan fingerprint density at radius 2 is 2.38 bits per heavy atom. The van der Waals surface area contributed by atoms with Crippen LogP contribution in [0.15, 0.2) is 0 Å². The molecule has 2 N–H and O–H groups in total. The molecule has 1 aliphatic carbocycles. The topological polar surface area (TPSA) is 44.4 Å². The fourth-order valence-electron chi connectivity index (χ4n) is 1.26. The Bertz CT molecular complexity index is 234. The molecule has 1 unspecified atom stereocenters. The third-order valence-electron chi connectivity index (χ3n) is 2.36. The van der Waals surface area contributed by atoms with E-state index in [9.17, 15) is 4.79 Å². The van der Waals surface area contributed by atoms with Gasteiger partial charge in [-0.05, 0) is 12.8 Å². The molecular weight excluding hydrogens is 210 g/mol. The predicted molar refractivity (Wildman–Crippen MR) is 53.4 cm³/mol. The van der Waals surface area contributed by atoms with Crippen LogP contribution < -0.4 is 10.7 Å². The van der Waals surface area contributed by atoms with E-state index in [0.29, 0.717) is 13.2 Å². The molecule has 1 heterocycles. The molecule has 0 radical (unpaired) electrons. The van der Waals surface area contributed by atoms with E-state index in [1.807, 2.05) is 0 Å². The molecule has 1 atom stereocenters. The number of hydrogen-bond acceptors (Lipinski definition) is 5. The minimum atomic E-state index is -0.558. The van der Waals surface area contributed by atoms with Crippen LogP contribution in [0.4, 0.5) is 0 Å². The largest absolute Gasteiger partial charge is 0.296 e. The van der Waals surface area contributed by atoms with Crippen molar-refractivity contribution in [2.45, 2.75) is 23.2 Å². The first kappa shape index (κ1) is 9.73. The third-order valence-corrected chi connectivity index (χ3v) is 3.41. The average Bonchev–Trinajstić information content (AvgIpc) is 2.72. The Balaban J connectivity index is 1.87. The Morgan fingerprint density at radius 3 is 2.85 bits per heavy atom. The van der Waals surface area contributed by atoms with Gasteiger partial charge in [-0.2, -0.15) is 0 Å². The lowest BCUT2D eigenvalue weighted by Crippen LogP contribution is -2.42. The van der Waals surface area contributed by atoms with E-state index < -0.39 is 4.87 Å². The van der Waals surface area contributed by atoms with Crippen molar-refractivity contribution in [1.29, 1.82) is 0 Å². The third kappa shape index (κ3) is 1.99. The van der Waals surface area contributed by atoms with Gasteiger partial charge in [-0.25, -0.2) is 10.4 Å². The first-order valence-electron chi connectivity index (χ1n) is 4.26. The van der Waals surface area contributed by atoms with Crippen LogP contribution in [-0.2, 0) is 4.79 Å². The Morgan fingerprint density at radius 1 is 1.69 bits per heavy atom. The van der Waals surface area contributed by atoms with Crippen LogP contribution in [0.2, 0.25) is 0 Å². The first-order valence-corrected chi connectivity index (χ1v) is 5.15. The highest BCUT2D eigenvalue weighted by molar-refractivity contribution is 7.80. The van der Waals surface area contributed by atoms with Gasteiger partial charge in [-0.1, -0.05) is 0 Å². The predicted octanol–water partition coefficient (Wildman–Crippen LogP) is -0.0924. The fourth-order valence-corrected chi connectivity index (χ4v) is 1.67. The summed E-state index contributed by atoms with van der Waals surface area (Å²) in [6, 6.07) is 0. The molecule has 0 aromatic rings. The van der Waals surface area contributed by atoms with Crippen molar-refractivity contribution in [3.05, 3.63) is 0 Å². The van der Waals surface area contributed by atoms with Crippen molar-refractivity contribution in [2.24, 2.45) is 0 Å². The van der Waals surface area contributed by atoms with Crippen LogP contribution in [0.1, 0.15) is 12.8 Å². The number of hydrazine groups is 1. The second-order valence-corrected chi connectivity index (χ2v) is 4.64. The zero-order valence-electron chi connectivity index (χ0n) is 7.09. The summed E-state index contributed by atoms with van der Waals surface area (Å²) in [5.41, 5.74) is 2.91. The lowest BCUT2D eigenvalue weighted by molar-refractivity contribution is -0.121. The molecule has 13 heavy (non-hydrogen) atoms. The molecular formula is C7H12ClN3OS. The summed E-state index contributed by atoms with van der Waals surface area (Å²) in [4.78, 5) is 11.0. The molecule has 2 aliphatic rings. The van der Waals surface area contributed by atoms with Crippen LogP contribution in [0, 0.1) is 0 Å². The number of halogens is 1. The number of hydrogen-bond donors (Lipinski definition) is 3. The number of thiol groups is 1. The number of rotatable bonds is 3.